The predicted molar refractivity (Wildman–Crippen MR) is 101 cm³/mol. The van der Waals surface area contributed by atoms with Crippen LogP contribution >= 0.6 is 0 Å². The summed E-state index contributed by atoms with van der Waals surface area (Å²) in [7, 11) is 0. The van der Waals surface area contributed by atoms with Crippen molar-refractivity contribution in [3.63, 3.8) is 0 Å². The van der Waals surface area contributed by atoms with E-state index < -0.39 is 6.10 Å². The Kier molecular flexibility index (Phi) is 6.63. The maximum Gasteiger partial charge on any atom is 0.265 e. The largest absolute Gasteiger partial charge is 0.487 e. The number of rotatable bonds is 8. The van der Waals surface area contributed by atoms with Gasteiger partial charge in [0.05, 0.1) is 5.69 Å². The van der Waals surface area contributed by atoms with E-state index in [0.29, 0.717) is 24.5 Å². The van der Waals surface area contributed by atoms with Gasteiger partial charge < -0.3 is 14.8 Å². The normalized spacial score (nSPS) is 11.5. The van der Waals surface area contributed by atoms with Crippen LogP contribution in [-0.2, 0) is 4.79 Å². The molecule has 0 aliphatic carbocycles. The zero-order valence-corrected chi connectivity index (χ0v) is 15.0. The molecule has 0 fully saturated rings. The number of benzene rings is 2. The second kappa shape index (κ2) is 8.92. The van der Waals surface area contributed by atoms with Crippen molar-refractivity contribution in [3.05, 3.63) is 66.2 Å². The molecule has 0 spiro atoms. The van der Waals surface area contributed by atoms with Gasteiger partial charge >= 0.3 is 0 Å². The molecule has 2 aromatic rings. The van der Waals surface area contributed by atoms with Gasteiger partial charge in [0.15, 0.2) is 6.10 Å². The summed E-state index contributed by atoms with van der Waals surface area (Å²) in [5.74, 6) is 1.14. The van der Waals surface area contributed by atoms with Crippen LogP contribution in [-0.4, -0.2) is 18.6 Å². The minimum absolute atomic E-state index is 0.197. The van der Waals surface area contributed by atoms with Crippen molar-refractivity contribution >= 4 is 11.6 Å². The van der Waals surface area contributed by atoms with Gasteiger partial charge in [-0.05, 0) is 49.6 Å². The second-order valence-corrected chi connectivity index (χ2v) is 6.01. The molecule has 0 aromatic heterocycles. The van der Waals surface area contributed by atoms with Gasteiger partial charge in [0.2, 0.25) is 0 Å². The van der Waals surface area contributed by atoms with E-state index in [1.165, 1.54) is 0 Å². The highest BCUT2D eigenvalue weighted by atomic mass is 16.5. The quantitative estimate of drug-likeness (QED) is 0.706. The third kappa shape index (κ3) is 5.38. The zero-order valence-electron chi connectivity index (χ0n) is 15.0. The van der Waals surface area contributed by atoms with Gasteiger partial charge in [0, 0.05) is 0 Å². The topological polar surface area (TPSA) is 47.6 Å². The summed E-state index contributed by atoms with van der Waals surface area (Å²) in [6.07, 6.45) is -0.00936. The van der Waals surface area contributed by atoms with E-state index in [-0.39, 0.29) is 5.91 Å². The van der Waals surface area contributed by atoms with E-state index in [9.17, 15) is 4.79 Å². The van der Waals surface area contributed by atoms with E-state index in [0.717, 1.165) is 16.9 Å². The first-order chi connectivity index (χ1) is 12.0. The number of nitrogens with one attached hydrogen (secondary N) is 1. The fourth-order valence-corrected chi connectivity index (χ4v) is 2.27. The smallest absolute Gasteiger partial charge is 0.265 e. The summed E-state index contributed by atoms with van der Waals surface area (Å²) in [4.78, 5) is 12.6. The van der Waals surface area contributed by atoms with E-state index >= 15 is 0 Å². The summed E-state index contributed by atoms with van der Waals surface area (Å²) in [5, 5.41) is 2.91. The lowest BCUT2D eigenvalue weighted by Gasteiger charge is -2.19. The van der Waals surface area contributed by atoms with Gasteiger partial charge in [-0.2, -0.15) is 0 Å². The SMILES string of the molecule is C=C(C)COc1ccccc1NC(=O)C(CC)Oc1ccccc1C. The molecule has 0 radical (unpaired) electrons. The molecule has 1 N–H and O–H groups in total. The van der Waals surface area contributed by atoms with Gasteiger partial charge in [-0.15, -0.1) is 0 Å². The van der Waals surface area contributed by atoms with Gasteiger partial charge in [0.1, 0.15) is 18.1 Å². The molecule has 0 saturated carbocycles. The first kappa shape index (κ1) is 18.6. The van der Waals surface area contributed by atoms with E-state index in [4.69, 9.17) is 9.47 Å². The second-order valence-electron chi connectivity index (χ2n) is 6.01. The fraction of sp³-hybridized carbons (Fsp3) is 0.286. The summed E-state index contributed by atoms with van der Waals surface area (Å²) in [6, 6.07) is 15.0. The number of amides is 1. The molecule has 0 aliphatic heterocycles. The Balaban J connectivity index is 2.09. The van der Waals surface area contributed by atoms with Crippen LogP contribution in [0.4, 0.5) is 5.69 Å². The highest BCUT2D eigenvalue weighted by Crippen LogP contribution is 2.25. The van der Waals surface area contributed by atoms with E-state index in [1.807, 2.05) is 69.3 Å². The monoisotopic (exact) mass is 339 g/mol. The van der Waals surface area contributed by atoms with E-state index in [1.54, 1.807) is 0 Å². The van der Waals surface area contributed by atoms with Crippen molar-refractivity contribution in [1.29, 1.82) is 0 Å². The van der Waals surface area contributed by atoms with Crippen molar-refractivity contribution < 1.29 is 14.3 Å². The Morgan fingerprint density at radius 1 is 1.12 bits per heavy atom. The molecule has 1 unspecified atom stereocenters. The third-order valence-corrected chi connectivity index (χ3v) is 3.65. The molecule has 2 aromatic carbocycles. The standard InChI is InChI=1S/C21H25NO3/c1-5-18(25-19-12-8-6-10-16(19)4)21(23)22-17-11-7-9-13-20(17)24-14-15(2)3/h6-13,18H,2,5,14H2,1,3-4H3,(H,22,23). The van der Waals surface area contributed by atoms with Gasteiger partial charge in [-0.25, -0.2) is 0 Å². The Bertz CT molecular complexity index is 739. The van der Waals surface area contributed by atoms with E-state index in [2.05, 4.69) is 11.9 Å². The summed E-state index contributed by atoms with van der Waals surface area (Å²) >= 11 is 0. The maximum absolute atomic E-state index is 12.6. The lowest BCUT2D eigenvalue weighted by atomic mass is 10.2. The Morgan fingerprint density at radius 2 is 1.76 bits per heavy atom. The van der Waals surface area contributed by atoms with Crippen molar-refractivity contribution in [1.82, 2.24) is 0 Å². The molecule has 1 atom stereocenters. The average Bonchev–Trinajstić information content (AvgIpc) is 2.60. The summed E-state index contributed by atoms with van der Waals surface area (Å²) in [5.41, 5.74) is 2.54. The minimum atomic E-state index is -0.574. The molecule has 0 saturated heterocycles. The number of aryl methyl sites for hydroxylation is 1. The number of hydrogen-bond acceptors (Lipinski definition) is 3. The number of anilines is 1. The Hall–Kier alpha value is -2.75. The summed E-state index contributed by atoms with van der Waals surface area (Å²) < 4.78 is 11.6. The number of carbonyl (C=O) groups is 1. The third-order valence-electron chi connectivity index (χ3n) is 3.65. The summed E-state index contributed by atoms with van der Waals surface area (Å²) in [6.45, 7) is 10.0. The highest BCUT2D eigenvalue weighted by Gasteiger charge is 2.20. The van der Waals surface area contributed by atoms with Crippen molar-refractivity contribution in [3.8, 4) is 11.5 Å². The van der Waals surface area contributed by atoms with Crippen LogP contribution in [0.15, 0.2) is 60.7 Å². The molecule has 0 aliphatic rings. The molecule has 25 heavy (non-hydrogen) atoms. The van der Waals surface area contributed by atoms with Crippen LogP contribution in [0, 0.1) is 6.92 Å². The average molecular weight is 339 g/mol. The number of hydrogen-bond donors (Lipinski definition) is 1. The van der Waals surface area contributed by atoms with Crippen LogP contribution in [0.25, 0.3) is 0 Å². The van der Waals surface area contributed by atoms with Gasteiger partial charge in [-0.1, -0.05) is 43.8 Å². The first-order valence-electron chi connectivity index (χ1n) is 8.40. The molecule has 2 rings (SSSR count). The highest BCUT2D eigenvalue weighted by molar-refractivity contribution is 5.95. The zero-order chi connectivity index (χ0) is 18.2. The maximum atomic E-state index is 12.6. The van der Waals surface area contributed by atoms with Crippen LogP contribution < -0.4 is 14.8 Å². The minimum Gasteiger partial charge on any atom is -0.487 e. The van der Waals surface area contributed by atoms with Crippen LogP contribution in [0.5, 0.6) is 11.5 Å². The molecule has 132 valence electrons. The van der Waals surface area contributed by atoms with Crippen molar-refractivity contribution in [2.45, 2.75) is 33.3 Å². The molecule has 0 bridgehead atoms. The molecular weight excluding hydrogens is 314 g/mol. The number of carbonyl (C=O) groups excluding carboxylic acids is 1. The van der Waals surface area contributed by atoms with Gasteiger partial charge in [-0.3, -0.25) is 4.79 Å². The lowest BCUT2D eigenvalue weighted by molar-refractivity contribution is -0.122. The Morgan fingerprint density at radius 3 is 2.40 bits per heavy atom. The van der Waals surface area contributed by atoms with Crippen LogP contribution in [0.1, 0.15) is 25.8 Å². The van der Waals surface area contributed by atoms with Crippen molar-refractivity contribution in [2.24, 2.45) is 0 Å². The molecular formula is C21H25NO3. The first-order valence-corrected chi connectivity index (χ1v) is 8.40. The van der Waals surface area contributed by atoms with Gasteiger partial charge in [0.25, 0.3) is 5.91 Å². The molecule has 4 nitrogen and oxygen atoms in total. The number of ether oxygens (including phenoxy) is 2. The van der Waals surface area contributed by atoms with Crippen LogP contribution in [0.3, 0.4) is 0 Å². The van der Waals surface area contributed by atoms with Crippen molar-refractivity contribution in [2.75, 3.05) is 11.9 Å². The lowest BCUT2D eigenvalue weighted by Crippen LogP contribution is -2.32. The molecule has 0 heterocycles. The predicted octanol–water partition coefficient (Wildman–Crippen LogP) is 4.75. The molecule has 4 heteroatoms. The van der Waals surface area contributed by atoms with Crippen LogP contribution in [0.2, 0.25) is 0 Å². The fourth-order valence-electron chi connectivity index (χ4n) is 2.27. The Labute approximate surface area is 149 Å². The number of para-hydroxylation sites is 3. The molecule has 1 amide bonds.